The van der Waals surface area contributed by atoms with Gasteiger partial charge in [0.15, 0.2) is 0 Å². The van der Waals surface area contributed by atoms with Gasteiger partial charge in [-0.1, -0.05) is 24.3 Å². The lowest BCUT2D eigenvalue weighted by molar-refractivity contribution is -0.361. The van der Waals surface area contributed by atoms with Crippen molar-refractivity contribution in [2.75, 3.05) is 19.0 Å². The van der Waals surface area contributed by atoms with Crippen molar-refractivity contribution >= 4 is 26.9 Å². The molecular formula is C19H16F6O7S. The number of alkyl halides is 6. The Kier molecular flexibility index (Phi) is 6.56. The van der Waals surface area contributed by atoms with Gasteiger partial charge in [-0.3, -0.25) is 9.35 Å². The average molecular weight is 502 g/mol. The zero-order valence-electron chi connectivity index (χ0n) is 16.4. The highest BCUT2D eigenvalue weighted by molar-refractivity contribution is 7.85. The molecule has 1 atom stereocenters. The van der Waals surface area contributed by atoms with E-state index in [1.807, 2.05) is 0 Å². The molecule has 182 valence electrons. The summed E-state index contributed by atoms with van der Waals surface area (Å²) in [6.45, 7) is 0.945. The molecule has 2 aromatic carbocycles. The van der Waals surface area contributed by atoms with E-state index in [0.29, 0.717) is 29.7 Å². The maximum absolute atomic E-state index is 13.3. The van der Waals surface area contributed by atoms with Crippen molar-refractivity contribution in [1.82, 2.24) is 0 Å². The number of hydrogen-bond donors (Lipinski definition) is 1. The number of halogens is 6. The maximum atomic E-state index is 13.3. The molecule has 0 aliphatic carbocycles. The number of rotatable bonds is 8. The molecule has 33 heavy (non-hydrogen) atoms. The van der Waals surface area contributed by atoms with Crippen molar-refractivity contribution < 1.29 is 58.3 Å². The van der Waals surface area contributed by atoms with Crippen LogP contribution >= 0.6 is 0 Å². The van der Waals surface area contributed by atoms with Crippen LogP contribution in [0.2, 0.25) is 0 Å². The summed E-state index contributed by atoms with van der Waals surface area (Å²) in [6, 6.07) is 8.89. The number of esters is 1. The second kappa shape index (κ2) is 8.65. The second-order valence-corrected chi connectivity index (χ2v) is 8.76. The summed E-state index contributed by atoms with van der Waals surface area (Å²) in [6.07, 6.45) is -13.7. The van der Waals surface area contributed by atoms with Crippen molar-refractivity contribution in [2.45, 2.75) is 30.5 Å². The van der Waals surface area contributed by atoms with Crippen LogP contribution in [0, 0.1) is 0 Å². The number of fused-ring (bicyclic) bond motifs is 1. The van der Waals surface area contributed by atoms with Gasteiger partial charge in [0.2, 0.25) is 0 Å². The van der Waals surface area contributed by atoms with Crippen LogP contribution in [0.15, 0.2) is 36.4 Å². The van der Waals surface area contributed by atoms with E-state index < -0.39 is 46.2 Å². The van der Waals surface area contributed by atoms with Crippen molar-refractivity contribution in [2.24, 2.45) is 0 Å². The van der Waals surface area contributed by atoms with E-state index in [0.717, 1.165) is 0 Å². The summed E-state index contributed by atoms with van der Waals surface area (Å²) in [5.74, 6) is -4.40. The summed E-state index contributed by atoms with van der Waals surface area (Å²) in [4.78, 5) is 12.0. The molecule has 1 heterocycles. The third-order valence-corrected chi connectivity index (χ3v) is 5.42. The van der Waals surface area contributed by atoms with Crippen LogP contribution in [0.5, 0.6) is 5.75 Å². The van der Waals surface area contributed by atoms with Crippen LogP contribution in [0.4, 0.5) is 26.3 Å². The van der Waals surface area contributed by atoms with Gasteiger partial charge in [-0.05, 0) is 28.5 Å². The normalized spacial score (nSPS) is 17.1. The Morgan fingerprint density at radius 3 is 2.15 bits per heavy atom. The fraction of sp³-hybridized carbons (Fsp3) is 0.421. The highest BCUT2D eigenvalue weighted by Gasteiger charge is 2.75. The highest BCUT2D eigenvalue weighted by atomic mass is 32.2. The lowest BCUT2D eigenvalue weighted by Gasteiger charge is -2.35. The van der Waals surface area contributed by atoms with Gasteiger partial charge in [0.25, 0.3) is 10.1 Å². The van der Waals surface area contributed by atoms with Crippen LogP contribution in [-0.2, 0) is 30.8 Å². The second-order valence-electron chi connectivity index (χ2n) is 7.31. The van der Waals surface area contributed by atoms with Gasteiger partial charge in [0.1, 0.15) is 24.2 Å². The lowest BCUT2D eigenvalue weighted by Crippen LogP contribution is -2.63. The van der Waals surface area contributed by atoms with Gasteiger partial charge in [0.05, 0.1) is 13.0 Å². The Labute approximate surface area is 183 Å². The van der Waals surface area contributed by atoms with Crippen LogP contribution in [0.1, 0.15) is 5.56 Å². The Balaban J connectivity index is 1.80. The molecule has 1 unspecified atom stereocenters. The molecule has 0 bridgehead atoms. The van der Waals surface area contributed by atoms with Crippen molar-refractivity contribution in [3.63, 3.8) is 0 Å². The van der Waals surface area contributed by atoms with E-state index in [1.165, 1.54) is 18.2 Å². The summed E-state index contributed by atoms with van der Waals surface area (Å²) in [5, 5.41) is 1.12. The summed E-state index contributed by atoms with van der Waals surface area (Å²) in [7, 11) is -5.84. The molecule has 0 amide bonds. The van der Waals surface area contributed by atoms with Crippen LogP contribution < -0.4 is 4.74 Å². The smallest absolute Gasteiger partial charge is 0.438 e. The zero-order valence-corrected chi connectivity index (χ0v) is 17.3. The molecule has 0 spiro atoms. The number of carbonyl (C=O) groups excluding carboxylic acids is 1. The Morgan fingerprint density at radius 1 is 1.03 bits per heavy atom. The molecule has 14 heteroatoms. The van der Waals surface area contributed by atoms with Crippen molar-refractivity contribution in [3.05, 3.63) is 42.0 Å². The monoisotopic (exact) mass is 502 g/mol. The molecule has 0 radical (unpaired) electrons. The van der Waals surface area contributed by atoms with Crippen LogP contribution in [-0.4, -0.2) is 62.0 Å². The minimum absolute atomic E-state index is 0.0117. The first-order chi connectivity index (χ1) is 15.1. The summed E-state index contributed by atoms with van der Waals surface area (Å²) in [5.41, 5.74) is -5.42. The van der Waals surface area contributed by atoms with Crippen molar-refractivity contribution in [3.8, 4) is 5.75 Å². The van der Waals surface area contributed by atoms with E-state index in [1.54, 1.807) is 18.2 Å². The van der Waals surface area contributed by atoms with E-state index in [4.69, 9.17) is 14.0 Å². The Bertz CT molecular complexity index is 1130. The Hall–Kier alpha value is -2.58. The highest BCUT2D eigenvalue weighted by Crippen LogP contribution is 2.47. The zero-order chi connectivity index (χ0) is 24.7. The largest absolute Gasteiger partial charge is 0.491 e. The van der Waals surface area contributed by atoms with Gasteiger partial charge in [-0.2, -0.15) is 34.8 Å². The van der Waals surface area contributed by atoms with Crippen molar-refractivity contribution in [1.29, 1.82) is 0 Å². The molecule has 0 aromatic heterocycles. The van der Waals surface area contributed by atoms with Crippen LogP contribution in [0.25, 0.3) is 10.8 Å². The number of carbonyl (C=O) groups is 1. The third kappa shape index (κ3) is 6.06. The maximum Gasteiger partial charge on any atom is 0.438 e. The number of hydrogen-bond acceptors (Lipinski definition) is 6. The molecule has 7 nitrogen and oxygen atoms in total. The SMILES string of the molecule is O=C(Cc1ccc2cc(OCC3CO3)ccc2c1)OC(CS(=O)(=O)O)(C(F)(F)F)C(F)(F)F. The lowest BCUT2D eigenvalue weighted by atomic mass is 10.0. The first-order valence-corrected chi connectivity index (χ1v) is 10.8. The molecule has 1 N–H and O–H groups in total. The fourth-order valence-corrected chi connectivity index (χ4v) is 3.85. The van der Waals surface area contributed by atoms with Gasteiger partial charge in [-0.15, -0.1) is 0 Å². The Morgan fingerprint density at radius 2 is 1.61 bits per heavy atom. The van der Waals surface area contributed by atoms with Gasteiger partial charge in [-0.25, -0.2) is 0 Å². The molecule has 1 aliphatic heterocycles. The third-order valence-electron chi connectivity index (χ3n) is 4.65. The predicted octanol–water partition coefficient (Wildman–Crippen LogP) is 3.45. The van der Waals surface area contributed by atoms with E-state index in [9.17, 15) is 39.6 Å². The topological polar surface area (TPSA) is 102 Å². The van der Waals surface area contributed by atoms with Crippen LogP contribution in [0.3, 0.4) is 0 Å². The standard InChI is InChI=1S/C19H16F6O7S/c20-18(21,22)17(19(23,24)25,10-33(27,28)29)32-16(26)6-11-1-2-13-7-14(4-3-12(13)5-11)30-8-15-9-31-15/h1-5,7,15H,6,8-10H2,(H,27,28,29). The molecular weight excluding hydrogens is 486 g/mol. The minimum Gasteiger partial charge on any atom is -0.491 e. The van der Waals surface area contributed by atoms with Gasteiger partial charge >= 0.3 is 23.9 Å². The van der Waals surface area contributed by atoms with Gasteiger partial charge < -0.3 is 14.2 Å². The summed E-state index contributed by atoms with van der Waals surface area (Å²) < 4.78 is 124. The molecule has 2 aromatic rings. The number of benzene rings is 2. The van der Waals surface area contributed by atoms with E-state index in [-0.39, 0.29) is 11.7 Å². The molecule has 1 aliphatic rings. The molecule has 3 rings (SSSR count). The van der Waals surface area contributed by atoms with Gasteiger partial charge in [0, 0.05) is 0 Å². The predicted molar refractivity (Wildman–Crippen MR) is 100 cm³/mol. The quantitative estimate of drug-likeness (QED) is 0.255. The molecule has 1 fully saturated rings. The fourth-order valence-electron chi connectivity index (χ4n) is 2.95. The summed E-state index contributed by atoms with van der Waals surface area (Å²) >= 11 is 0. The average Bonchev–Trinajstić information content (AvgIpc) is 3.47. The molecule has 0 saturated carbocycles. The van der Waals surface area contributed by atoms with E-state index >= 15 is 0 Å². The first kappa shape index (κ1) is 25.1. The van der Waals surface area contributed by atoms with E-state index in [2.05, 4.69) is 4.74 Å². The number of ether oxygens (including phenoxy) is 3. The first-order valence-electron chi connectivity index (χ1n) is 9.17. The minimum atomic E-state index is -6.37. The number of epoxide rings is 1. The molecule has 1 saturated heterocycles.